The van der Waals surface area contributed by atoms with E-state index in [1.807, 2.05) is 6.07 Å². The third kappa shape index (κ3) is 5.52. The highest BCUT2D eigenvalue weighted by molar-refractivity contribution is 7.16. The molecule has 0 spiro atoms. The van der Waals surface area contributed by atoms with Crippen molar-refractivity contribution >= 4 is 58.4 Å². The van der Waals surface area contributed by atoms with E-state index in [-0.39, 0.29) is 24.8 Å². The van der Waals surface area contributed by atoms with Crippen molar-refractivity contribution in [2.45, 2.75) is 39.2 Å². The van der Waals surface area contributed by atoms with Gasteiger partial charge in [0.1, 0.15) is 10.7 Å². The Balaban J connectivity index is 0.00000171. The number of methoxy groups -OCH3 is 1. The third-order valence-electron chi connectivity index (χ3n) is 5.69. The fourth-order valence-electron chi connectivity index (χ4n) is 4.04. The summed E-state index contributed by atoms with van der Waals surface area (Å²) in [4.78, 5) is 15.1. The summed E-state index contributed by atoms with van der Waals surface area (Å²) in [7, 11) is 1.78. The smallest absolute Gasteiger partial charge is 0.158 e. The highest BCUT2D eigenvalue weighted by atomic mass is 35.5. The van der Waals surface area contributed by atoms with Crippen molar-refractivity contribution in [3.05, 3.63) is 35.0 Å². The van der Waals surface area contributed by atoms with Crippen LogP contribution in [0.25, 0.3) is 0 Å². The number of fused-ring (bicyclic) bond motifs is 2. The fourth-order valence-corrected chi connectivity index (χ4v) is 5.01. The Morgan fingerprint density at radius 3 is 2.71 bits per heavy atom. The number of hydrogen-bond donors (Lipinski definition) is 1. The number of rotatable bonds is 5. The maximum atomic E-state index is 5.37. The molecule has 9 heteroatoms. The van der Waals surface area contributed by atoms with Crippen LogP contribution in [-0.2, 0) is 4.74 Å². The van der Waals surface area contributed by atoms with E-state index >= 15 is 0 Å². The summed E-state index contributed by atoms with van der Waals surface area (Å²) in [6, 6.07) is 8.74. The normalized spacial score (nSPS) is 18.2. The molecule has 172 valence electrons. The molecular weight excluding hydrogens is 453 g/mol. The van der Waals surface area contributed by atoms with Crippen molar-refractivity contribution < 1.29 is 4.74 Å². The largest absolute Gasteiger partial charge is 0.385 e. The molecule has 0 amide bonds. The predicted octanol–water partition coefficient (Wildman–Crippen LogP) is 5.29. The summed E-state index contributed by atoms with van der Waals surface area (Å²) in [6.07, 6.45) is 1.03. The van der Waals surface area contributed by atoms with E-state index in [0.29, 0.717) is 12.0 Å². The zero-order valence-corrected chi connectivity index (χ0v) is 21.1. The first-order valence-corrected chi connectivity index (χ1v) is 11.4. The van der Waals surface area contributed by atoms with Gasteiger partial charge in [-0.25, -0.2) is 9.98 Å². The van der Waals surface area contributed by atoms with Gasteiger partial charge >= 0.3 is 0 Å². The number of halogens is 2. The standard InChI is InChI=1S/C22H31N5OS.2ClH/c1-5-26-11-12-27(14-16(26)10-13-28-4)20-19-22(29-21(25-19)15(2)3)24-18-9-7-6-8-17(18)23-20;;/h6-9,15-16,24H,5,10-14H2,1-4H3;2*1H/t16-;;/m0../s1. The Kier molecular flexibility index (Phi) is 9.58. The van der Waals surface area contributed by atoms with E-state index in [4.69, 9.17) is 14.7 Å². The van der Waals surface area contributed by atoms with E-state index < -0.39 is 0 Å². The first kappa shape index (κ1) is 25.9. The van der Waals surface area contributed by atoms with Crippen LogP contribution in [0, 0.1) is 0 Å². The highest BCUT2D eigenvalue weighted by Gasteiger charge is 2.32. The van der Waals surface area contributed by atoms with Gasteiger partial charge in [0, 0.05) is 45.3 Å². The average Bonchev–Trinajstić information content (AvgIpc) is 3.08. The topological polar surface area (TPSA) is 53.0 Å². The number of ether oxygens (including phenoxy) is 1. The Morgan fingerprint density at radius 1 is 1.23 bits per heavy atom. The number of aliphatic imine (C=N–C) groups is 1. The van der Waals surface area contributed by atoms with Crippen LogP contribution in [-0.4, -0.2) is 66.6 Å². The minimum absolute atomic E-state index is 0. The Morgan fingerprint density at radius 2 is 2.00 bits per heavy atom. The summed E-state index contributed by atoms with van der Waals surface area (Å²) in [5.74, 6) is 1.40. The Bertz CT molecular complexity index is 889. The summed E-state index contributed by atoms with van der Waals surface area (Å²) in [5.41, 5.74) is 3.02. The molecule has 1 atom stereocenters. The lowest BCUT2D eigenvalue weighted by Crippen LogP contribution is -2.55. The van der Waals surface area contributed by atoms with Crippen LogP contribution in [0.3, 0.4) is 0 Å². The molecular formula is C22H33Cl2N5OS. The molecule has 6 nitrogen and oxygen atoms in total. The number of likely N-dealkylation sites (N-methyl/N-ethyl adjacent to an activating group) is 1. The molecule has 3 heterocycles. The second-order valence-corrected chi connectivity index (χ2v) is 9.00. The van der Waals surface area contributed by atoms with Gasteiger partial charge in [-0.1, -0.05) is 32.9 Å². The van der Waals surface area contributed by atoms with Gasteiger partial charge in [-0.3, -0.25) is 4.90 Å². The van der Waals surface area contributed by atoms with Crippen molar-refractivity contribution in [2.75, 3.05) is 45.2 Å². The maximum absolute atomic E-state index is 5.37. The Hall–Kier alpha value is -1.38. The zero-order chi connectivity index (χ0) is 20.4. The second kappa shape index (κ2) is 11.5. The number of thiazole rings is 1. The quantitative estimate of drug-likeness (QED) is 0.623. The number of nitrogens with zero attached hydrogens (tertiary/aromatic N) is 4. The van der Waals surface area contributed by atoms with E-state index in [2.05, 4.69) is 54.1 Å². The van der Waals surface area contributed by atoms with E-state index in [1.54, 1.807) is 18.4 Å². The number of anilines is 2. The molecule has 1 fully saturated rings. The van der Waals surface area contributed by atoms with Crippen molar-refractivity contribution in [3.8, 4) is 0 Å². The SMILES string of the molecule is CCN1CCN(C2=Nc3ccccc3Nc3sc(C(C)C)nc32)C[C@@H]1CCOC.Cl.Cl. The molecule has 1 aromatic heterocycles. The number of para-hydroxylation sites is 2. The van der Waals surface area contributed by atoms with Gasteiger partial charge in [0.15, 0.2) is 5.84 Å². The van der Waals surface area contributed by atoms with Gasteiger partial charge in [0.25, 0.3) is 0 Å². The second-order valence-electron chi connectivity index (χ2n) is 7.97. The summed E-state index contributed by atoms with van der Waals surface area (Å²) < 4.78 is 5.37. The average molecular weight is 487 g/mol. The summed E-state index contributed by atoms with van der Waals surface area (Å²) in [6.45, 7) is 11.4. The molecule has 0 radical (unpaired) electrons. The number of amidine groups is 1. The van der Waals surface area contributed by atoms with Gasteiger partial charge in [-0.05, 0) is 25.1 Å². The lowest BCUT2D eigenvalue weighted by molar-refractivity contribution is 0.0847. The summed E-state index contributed by atoms with van der Waals surface area (Å²) in [5, 5.41) is 5.85. The van der Waals surface area contributed by atoms with Gasteiger partial charge in [-0.15, -0.1) is 36.2 Å². The van der Waals surface area contributed by atoms with Crippen molar-refractivity contribution in [1.29, 1.82) is 0 Å². The molecule has 2 aliphatic rings. The molecule has 1 N–H and O–H groups in total. The molecule has 2 aliphatic heterocycles. The summed E-state index contributed by atoms with van der Waals surface area (Å²) >= 11 is 1.75. The van der Waals surface area contributed by atoms with Crippen molar-refractivity contribution in [2.24, 2.45) is 4.99 Å². The fraction of sp³-hybridized carbons (Fsp3) is 0.545. The number of piperazine rings is 1. The molecule has 0 aliphatic carbocycles. The monoisotopic (exact) mass is 485 g/mol. The lowest BCUT2D eigenvalue weighted by atomic mass is 10.1. The van der Waals surface area contributed by atoms with Crippen LogP contribution in [0.1, 0.15) is 43.8 Å². The van der Waals surface area contributed by atoms with Crippen LogP contribution in [0.2, 0.25) is 0 Å². The van der Waals surface area contributed by atoms with Crippen LogP contribution in [0.15, 0.2) is 29.3 Å². The van der Waals surface area contributed by atoms with Gasteiger partial charge in [0.2, 0.25) is 0 Å². The van der Waals surface area contributed by atoms with Gasteiger partial charge in [-0.2, -0.15) is 0 Å². The van der Waals surface area contributed by atoms with Gasteiger partial charge < -0.3 is 15.0 Å². The highest BCUT2D eigenvalue weighted by Crippen LogP contribution is 2.39. The number of benzene rings is 1. The van der Waals surface area contributed by atoms with E-state index in [1.165, 1.54) is 0 Å². The van der Waals surface area contributed by atoms with E-state index in [0.717, 1.165) is 72.1 Å². The molecule has 1 aromatic carbocycles. The predicted molar refractivity (Wildman–Crippen MR) is 136 cm³/mol. The van der Waals surface area contributed by atoms with Crippen LogP contribution in [0.4, 0.5) is 16.4 Å². The first-order chi connectivity index (χ1) is 14.1. The number of hydrogen-bond acceptors (Lipinski definition) is 7. The lowest BCUT2D eigenvalue weighted by Gasteiger charge is -2.42. The third-order valence-corrected chi connectivity index (χ3v) is 6.96. The molecule has 4 rings (SSSR count). The number of aromatic nitrogens is 1. The minimum Gasteiger partial charge on any atom is -0.385 e. The molecule has 2 aromatic rings. The van der Waals surface area contributed by atoms with Crippen LogP contribution >= 0.6 is 36.2 Å². The molecule has 0 unspecified atom stereocenters. The minimum atomic E-state index is 0. The zero-order valence-electron chi connectivity index (χ0n) is 18.6. The maximum Gasteiger partial charge on any atom is 0.158 e. The molecule has 0 bridgehead atoms. The van der Waals surface area contributed by atoms with Gasteiger partial charge in [0.05, 0.1) is 16.4 Å². The molecule has 0 saturated carbocycles. The van der Waals surface area contributed by atoms with Crippen LogP contribution < -0.4 is 5.32 Å². The van der Waals surface area contributed by atoms with Crippen LogP contribution in [0.5, 0.6) is 0 Å². The number of nitrogens with one attached hydrogen (secondary N) is 1. The van der Waals surface area contributed by atoms with E-state index in [9.17, 15) is 0 Å². The molecule has 31 heavy (non-hydrogen) atoms. The first-order valence-electron chi connectivity index (χ1n) is 10.5. The Labute approximate surface area is 201 Å². The van der Waals surface area contributed by atoms with Crippen molar-refractivity contribution in [1.82, 2.24) is 14.8 Å². The molecule has 1 saturated heterocycles. The van der Waals surface area contributed by atoms with Crippen molar-refractivity contribution in [3.63, 3.8) is 0 Å².